The number of likely N-dealkylation sites (tertiary alicyclic amines) is 1. The first-order chi connectivity index (χ1) is 14.7. The summed E-state index contributed by atoms with van der Waals surface area (Å²) in [4.78, 5) is 9.87. The average molecular weight is 426 g/mol. The maximum Gasteiger partial charge on any atom is 0.190 e. The van der Waals surface area contributed by atoms with E-state index in [9.17, 15) is 0 Å². The van der Waals surface area contributed by atoms with Crippen molar-refractivity contribution in [3.05, 3.63) is 42.0 Å². The molecule has 0 unspecified atom stereocenters. The second-order valence-electron chi connectivity index (χ2n) is 7.75. The number of fused-ring (bicyclic) bond motifs is 1. The van der Waals surface area contributed by atoms with Gasteiger partial charge in [0.15, 0.2) is 16.6 Å². The van der Waals surface area contributed by atoms with Crippen LogP contribution in [0, 0.1) is 0 Å². The normalized spacial score (nSPS) is 14.4. The lowest BCUT2D eigenvalue weighted by Gasteiger charge is -2.24. The van der Waals surface area contributed by atoms with E-state index >= 15 is 0 Å². The molecular formula is C24H31N3O2S. The third-order valence-corrected chi connectivity index (χ3v) is 6.86. The highest BCUT2D eigenvalue weighted by Gasteiger charge is 2.18. The van der Waals surface area contributed by atoms with E-state index in [-0.39, 0.29) is 0 Å². The number of aryl methyl sites for hydroxylation is 1. The standard InChI is InChI=1S/C24H31N3O2S/c1-4-18-8-10-20-23(16-18)30-24(25-20)27(15-7-14-26-12-5-6-13-26)19-9-11-21(28-2)22(17-19)29-3/h8-11,16-17H,4-7,12-15H2,1-3H3. The Balaban J connectivity index is 1.64. The van der Waals surface area contributed by atoms with Gasteiger partial charge in [0.1, 0.15) is 0 Å². The highest BCUT2D eigenvalue weighted by molar-refractivity contribution is 7.22. The Morgan fingerprint density at radius 3 is 2.57 bits per heavy atom. The van der Waals surface area contributed by atoms with Gasteiger partial charge in [-0.3, -0.25) is 0 Å². The third kappa shape index (κ3) is 4.55. The molecule has 1 aliphatic rings. The zero-order valence-corrected chi connectivity index (χ0v) is 19.0. The van der Waals surface area contributed by atoms with Gasteiger partial charge in [-0.05, 0) is 75.1 Å². The quantitative estimate of drug-likeness (QED) is 0.453. The maximum absolute atomic E-state index is 5.56. The van der Waals surface area contributed by atoms with Crippen LogP contribution in [-0.2, 0) is 6.42 Å². The van der Waals surface area contributed by atoms with Crippen LogP contribution < -0.4 is 14.4 Å². The summed E-state index contributed by atoms with van der Waals surface area (Å²) in [7, 11) is 3.35. The predicted octanol–water partition coefficient (Wildman–Crippen LogP) is 5.50. The molecule has 0 N–H and O–H groups in total. The van der Waals surface area contributed by atoms with Gasteiger partial charge in [0, 0.05) is 18.3 Å². The Hall–Kier alpha value is -2.31. The van der Waals surface area contributed by atoms with Crippen LogP contribution in [-0.4, -0.2) is 50.3 Å². The van der Waals surface area contributed by atoms with Crippen LogP contribution in [0.4, 0.5) is 10.8 Å². The lowest BCUT2D eigenvalue weighted by molar-refractivity contribution is 0.335. The molecule has 6 heteroatoms. The molecule has 0 aliphatic carbocycles. The van der Waals surface area contributed by atoms with Crippen molar-refractivity contribution >= 4 is 32.4 Å². The molecule has 2 aromatic carbocycles. The summed E-state index contributed by atoms with van der Waals surface area (Å²) in [5.41, 5.74) is 3.51. The SMILES string of the molecule is CCc1ccc2nc(N(CCCN3CCCC3)c3ccc(OC)c(OC)c3)sc2c1. The van der Waals surface area contributed by atoms with Gasteiger partial charge in [-0.1, -0.05) is 24.3 Å². The molecule has 0 spiro atoms. The van der Waals surface area contributed by atoms with Gasteiger partial charge in [-0.2, -0.15) is 0 Å². The number of benzene rings is 2. The monoisotopic (exact) mass is 425 g/mol. The van der Waals surface area contributed by atoms with Crippen molar-refractivity contribution in [1.29, 1.82) is 0 Å². The van der Waals surface area contributed by atoms with Crippen LogP contribution in [0.5, 0.6) is 11.5 Å². The van der Waals surface area contributed by atoms with Crippen molar-refractivity contribution in [2.45, 2.75) is 32.6 Å². The fraction of sp³-hybridized carbons (Fsp3) is 0.458. The first-order valence-electron chi connectivity index (χ1n) is 10.8. The predicted molar refractivity (Wildman–Crippen MR) is 126 cm³/mol. The molecule has 1 saturated heterocycles. The summed E-state index contributed by atoms with van der Waals surface area (Å²) < 4.78 is 12.2. The lowest BCUT2D eigenvalue weighted by atomic mass is 10.2. The van der Waals surface area contributed by atoms with Crippen LogP contribution >= 0.6 is 11.3 Å². The van der Waals surface area contributed by atoms with Gasteiger partial charge >= 0.3 is 0 Å². The van der Waals surface area contributed by atoms with Crippen LogP contribution in [0.2, 0.25) is 0 Å². The van der Waals surface area contributed by atoms with Crippen LogP contribution in [0.15, 0.2) is 36.4 Å². The molecule has 0 radical (unpaired) electrons. The number of rotatable bonds is 9. The zero-order valence-electron chi connectivity index (χ0n) is 18.2. The second kappa shape index (κ2) is 9.67. The summed E-state index contributed by atoms with van der Waals surface area (Å²) in [6, 6.07) is 12.7. The summed E-state index contributed by atoms with van der Waals surface area (Å²) in [5, 5.41) is 1.03. The minimum Gasteiger partial charge on any atom is -0.493 e. The van der Waals surface area contributed by atoms with Crippen molar-refractivity contribution < 1.29 is 9.47 Å². The van der Waals surface area contributed by atoms with Gasteiger partial charge < -0.3 is 19.3 Å². The summed E-state index contributed by atoms with van der Waals surface area (Å²) in [6.45, 7) is 6.72. The van der Waals surface area contributed by atoms with Crippen molar-refractivity contribution in [2.24, 2.45) is 0 Å². The number of anilines is 2. The Kier molecular flexibility index (Phi) is 6.75. The van der Waals surface area contributed by atoms with Crippen molar-refractivity contribution in [1.82, 2.24) is 9.88 Å². The lowest BCUT2D eigenvalue weighted by Crippen LogP contribution is -2.26. The van der Waals surface area contributed by atoms with Gasteiger partial charge in [0.25, 0.3) is 0 Å². The molecule has 1 aromatic heterocycles. The van der Waals surface area contributed by atoms with Crippen molar-refractivity contribution in [3.63, 3.8) is 0 Å². The molecular weight excluding hydrogens is 394 g/mol. The fourth-order valence-corrected chi connectivity index (χ4v) is 5.16. The fourth-order valence-electron chi connectivity index (χ4n) is 4.08. The van der Waals surface area contributed by atoms with E-state index in [2.05, 4.69) is 47.1 Å². The smallest absolute Gasteiger partial charge is 0.190 e. The molecule has 0 bridgehead atoms. The van der Waals surface area contributed by atoms with Gasteiger partial charge in [0.05, 0.1) is 24.4 Å². The Labute approximate surface area is 183 Å². The number of thiazole rings is 1. The molecule has 30 heavy (non-hydrogen) atoms. The Morgan fingerprint density at radius 1 is 1.03 bits per heavy atom. The number of aromatic nitrogens is 1. The number of methoxy groups -OCH3 is 2. The highest BCUT2D eigenvalue weighted by atomic mass is 32.1. The summed E-state index contributed by atoms with van der Waals surface area (Å²) in [5.74, 6) is 1.49. The Bertz CT molecular complexity index is 982. The molecule has 0 saturated carbocycles. The first-order valence-corrected chi connectivity index (χ1v) is 11.6. The number of hydrogen-bond acceptors (Lipinski definition) is 6. The van der Waals surface area contributed by atoms with Crippen molar-refractivity contribution in [2.75, 3.05) is 45.3 Å². The van der Waals surface area contributed by atoms with Crippen molar-refractivity contribution in [3.8, 4) is 11.5 Å². The van der Waals surface area contributed by atoms with Crippen LogP contribution in [0.1, 0.15) is 31.7 Å². The Morgan fingerprint density at radius 2 is 1.83 bits per heavy atom. The van der Waals surface area contributed by atoms with E-state index < -0.39 is 0 Å². The molecule has 1 aliphatic heterocycles. The topological polar surface area (TPSA) is 37.8 Å². The number of hydrogen-bond donors (Lipinski definition) is 0. The minimum absolute atomic E-state index is 0.744. The maximum atomic E-state index is 5.56. The summed E-state index contributed by atoms with van der Waals surface area (Å²) >= 11 is 1.76. The van der Waals surface area contributed by atoms with E-state index in [0.717, 1.165) is 53.8 Å². The average Bonchev–Trinajstić information content (AvgIpc) is 3.45. The summed E-state index contributed by atoms with van der Waals surface area (Å²) in [6.07, 6.45) is 4.80. The van der Waals surface area contributed by atoms with E-state index in [4.69, 9.17) is 14.5 Å². The number of ether oxygens (including phenoxy) is 2. The number of nitrogens with zero attached hydrogens (tertiary/aromatic N) is 3. The van der Waals surface area contributed by atoms with Gasteiger partial charge in [-0.15, -0.1) is 0 Å². The molecule has 4 rings (SSSR count). The van der Waals surface area contributed by atoms with E-state index in [1.807, 2.05) is 6.07 Å². The minimum atomic E-state index is 0.744. The molecule has 5 nitrogen and oxygen atoms in total. The molecule has 3 aromatic rings. The zero-order chi connectivity index (χ0) is 20.9. The van der Waals surface area contributed by atoms with E-state index in [0.29, 0.717) is 0 Å². The van der Waals surface area contributed by atoms with Gasteiger partial charge in [0.2, 0.25) is 0 Å². The molecule has 2 heterocycles. The molecule has 160 valence electrons. The second-order valence-corrected chi connectivity index (χ2v) is 8.75. The van der Waals surface area contributed by atoms with Crippen LogP contribution in [0.25, 0.3) is 10.2 Å². The molecule has 0 atom stereocenters. The largest absolute Gasteiger partial charge is 0.493 e. The molecule has 1 fully saturated rings. The van der Waals surface area contributed by atoms with Crippen LogP contribution in [0.3, 0.4) is 0 Å². The third-order valence-electron chi connectivity index (χ3n) is 5.81. The molecule has 0 amide bonds. The van der Waals surface area contributed by atoms with Gasteiger partial charge in [-0.25, -0.2) is 4.98 Å². The first kappa shape index (κ1) is 20.9. The van der Waals surface area contributed by atoms with E-state index in [1.54, 1.807) is 25.6 Å². The highest BCUT2D eigenvalue weighted by Crippen LogP contribution is 2.38. The van der Waals surface area contributed by atoms with E-state index in [1.165, 1.54) is 36.2 Å².